The van der Waals surface area contributed by atoms with Crippen LogP contribution in [0.4, 0.5) is 0 Å². The first-order valence-electron chi connectivity index (χ1n) is 6.12. The molecule has 0 fully saturated rings. The number of aryl methyl sites for hydroxylation is 2. The third kappa shape index (κ3) is 2.53. The fourth-order valence-corrected chi connectivity index (χ4v) is 2.22. The third-order valence-corrected chi connectivity index (χ3v) is 2.95. The van der Waals surface area contributed by atoms with E-state index in [-0.39, 0.29) is 5.28 Å². The largest absolute Gasteiger partial charge is 0.255 e. The highest BCUT2D eigenvalue weighted by Crippen LogP contribution is 2.20. The number of hydrogen-bond donors (Lipinski definition) is 0. The van der Waals surface area contributed by atoms with Gasteiger partial charge in [0.05, 0.1) is 0 Å². The summed E-state index contributed by atoms with van der Waals surface area (Å²) >= 11 is 5.99. The Balaban J connectivity index is 2.14. The minimum absolute atomic E-state index is 0.152. The van der Waals surface area contributed by atoms with Gasteiger partial charge in [-0.25, -0.2) is 4.68 Å². The fraction of sp³-hybridized carbons (Fsp3) is 0.143. The van der Waals surface area contributed by atoms with Gasteiger partial charge in [0.2, 0.25) is 5.28 Å². The van der Waals surface area contributed by atoms with Crippen LogP contribution in [0.15, 0.2) is 36.7 Å². The highest BCUT2D eigenvalue weighted by atomic mass is 35.5. The molecule has 0 spiro atoms. The molecule has 0 amide bonds. The Bertz CT molecular complexity index is 732. The maximum absolute atomic E-state index is 5.99. The molecule has 0 N–H and O–H groups in total. The molecule has 3 aromatic rings. The Hall–Kier alpha value is -2.27. The van der Waals surface area contributed by atoms with Gasteiger partial charge in [0.1, 0.15) is 0 Å². The van der Waals surface area contributed by atoms with Gasteiger partial charge in [-0.2, -0.15) is 20.1 Å². The summed E-state index contributed by atoms with van der Waals surface area (Å²) in [7, 11) is 0. The van der Waals surface area contributed by atoms with Crippen LogP contribution in [0.2, 0.25) is 5.28 Å². The summed E-state index contributed by atoms with van der Waals surface area (Å²) in [5, 5.41) is 4.26. The van der Waals surface area contributed by atoms with E-state index in [1.54, 1.807) is 23.1 Å². The summed E-state index contributed by atoms with van der Waals surface area (Å²) in [5.41, 5.74) is 3.22. The summed E-state index contributed by atoms with van der Waals surface area (Å²) in [5.74, 6) is 0.950. The zero-order valence-electron chi connectivity index (χ0n) is 11.1. The monoisotopic (exact) mass is 285 g/mol. The smallest absolute Gasteiger partial charge is 0.206 e. The lowest BCUT2D eigenvalue weighted by molar-refractivity contribution is 0.797. The van der Waals surface area contributed by atoms with Gasteiger partial charge in [0.15, 0.2) is 5.82 Å². The minimum atomic E-state index is 0.152. The second kappa shape index (κ2) is 5.02. The van der Waals surface area contributed by atoms with Crippen molar-refractivity contribution in [2.45, 2.75) is 13.8 Å². The normalized spacial score (nSPS) is 10.8. The summed E-state index contributed by atoms with van der Waals surface area (Å²) in [4.78, 5) is 12.7. The van der Waals surface area contributed by atoms with Crippen molar-refractivity contribution >= 4 is 11.6 Å². The minimum Gasteiger partial charge on any atom is -0.206 e. The maximum atomic E-state index is 5.99. The van der Waals surface area contributed by atoms with Gasteiger partial charge in [-0.1, -0.05) is 17.2 Å². The highest BCUT2D eigenvalue weighted by molar-refractivity contribution is 6.28. The first kappa shape index (κ1) is 12.7. The fourth-order valence-electron chi connectivity index (χ4n) is 2.06. The van der Waals surface area contributed by atoms with Crippen molar-refractivity contribution in [1.29, 1.82) is 0 Å². The Kier molecular flexibility index (Phi) is 3.20. The molecule has 0 aliphatic rings. The molecule has 2 heterocycles. The Morgan fingerprint density at radius 2 is 1.75 bits per heavy atom. The summed E-state index contributed by atoms with van der Waals surface area (Å²) in [6.07, 6.45) is 3.42. The van der Waals surface area contributed by atoms with Crippen molar-refractivity contribution in [1.82, 2.24) is 24.7 Å². The standard InChI is InChI=1S/C14H12ClN5/c1-9-6-10(2)8-11(7-9)12-17-13(15)19-14(18-12)20-5-3-4-16-20/h3-8H,1-2H3. The summed E-state index contributed by atoms with van der Waals surface area (Å²) < 4.78 is 1.56. The van der Waals surface area contributed by atoms with Crippen LogP contribution in [0.3, 0.4) is 0 Å². The average molecular weight is 286 g/mol. The Morgan fingerprint density at radius 3 is 2.40 bits per heavy atom. The van der Waals surface area contributed by atoms with Crippen LogP contribution in [-0.4, -0.2) is 24.7 Å². The molecule has 20 heavy (non-hydrogen) atoms. The van der Waals surface area contributed by atoms with E-state index in [0.717, 1.165) is 16.7 Å². The van der Waals surface area contributed by atoms with Crippen molar-refractivity contribution in [2.24, 2.45) is 0 Å². The number of halogens is 1. The Morgan fingerprint density at radius 1 is 1.00 bits per heavy atom. The number of benzene rings is 1. The van der Waals surface area contributed by atoms with Crippen LogP contribution in [0.25, 0.3) is 17.3 Å². The number of hydrogen-bond acceptors (Lipinski definition) is 4. The van der Waals surface area contributed by atoms with Crippen molar-refractivity contribution in [3.8, 4) is 17.3 Å². The summed E-state index contributed by atoms with van der Waals surface area (Å²) in [6.45, 7) is 4.07. The number of nitrogens with zero attached hydrogens (tertiary/aromatic N) is 5. The molecule has 3 rings (SSSR count). The lowest BCUT2D eigenvalue weighted by atomic mass is 10.1. The molecule has 100 valence electrons. The Labute approximate surface area is 121 Å². The average Bonchev–Trinajstić information content (AvgIpc) is 2.90. The summed E-state index contributed by atoms with van der Waals surface area (Å²) in [6, 6.07) is 7.94. The van der Waals surface area contributed by atoms with Gasteiger partial charge in [0.25, 0.3) is 5.95 Å². The second-order valence-corrected chi connectivity index (χ2v) is 4.89. The van der Waals surface area contributed by atoms with Crippen LogP contribution in [0, 0.1) is 13.8 Å². The van der Waals surface area contributed by atoms with Crippen LogP contribution in [-0.2, 0) is 0 Å². The van der Waals surface area contributed by atoms with E-state index in [0.29, 0.717) is 11.8 Å². The number of aromatic nitrogens is 5. The van der Waals surface area contributed by atoms with Crippen molar-refractivity contribution in [2.75, 3.05) is 0 Å². The van der Waals surface area contributed by atoms with E-state index in [4.69, 9.17) is 11.6 Å². The molecular weight excluding hydrogens is 274 g/mol. The molecule has 0 radical (unpaired) electrons. The first-order chi connectivity index (χ1) is 9.61. The lowest BCUT2D eigenvalue weighted by Crippen LogP contribution is -2.05. The van der Waals surface area contributed by atoms with E-state index in [1.165, 1.54) is 0 Å². The SMILES string of the molecule is Cc1cc(C)cc(-c2nc(Cl)nc(-n3cccn3)n2)c1. The molecule has 0 unspecified atom stereocenters. The highest BCUT2D eigenvalue weighted by Gasteiger charge is 2.09. The van der Waals surface area contributed by atoms with Crippen LogP contribution < -0.4 is 0 Å². The molecule has 5 nitrogen and oxygen atoms in total. The van der Waals surface area contributed by atoms with E-state index >= 15 is 0 Å². The predicted octanol–water partition coefficient (Wildman–Crippen LogP) is 2.99. The molecule has 0 saturated carbocycles. The molecule has 6 heteroatoms. The van der Waals surface area contributed by atoms with Crippen LogP contribution in [0.5, 0.6) is 0 Å². The van der Waals surface area contributed by atoms with Crippen LogP contribution in [0.1, 0.15) is 11.1 Å². The van der Waals surface area contributed by atoms with Crippen LogP contribution >= 0.6 is 11.6 Å². The molecule has 0 aliphatic carbocycles. The lowest BCUT2D eigenvalue weighted by Gasteiger charge is -2.06. The van der Waals surface area contributed by atoms with E-state index < -0.39 is 0 Å². The van der Waals surface area contributed by atoms with E-state index in [2.05, 4.69) is 26.1 Å². The van der Waals surface area contributed by atoms with Gasteiger partial charge >= 0.3 is 0 Å². The molecule has 0 saturated heterocycles. The van der Waals surface area contributed by atoms with Gasteiger partial charge in [-0.15, -0.1) is 0 Å². The van der Waals surface area contributed by atoms with Gasteiger partial charge in [-0.05, 0) is 43.6 Å². The predicted molar refractivity (Wildman–Crippen MR) is 76.9 cm³/mol. The van der Waals surface area contributed by atoms with Crippen molar-refractivity contribution in [3.63, 3.8) is 0 Å². The topological polar surface area (TPSA) is 56.5 Å². The molecular formula is C14H12ClN5. The maximum Gasteiger partial charge on any atom is 0.255 e. The first-order valence-corrected chi connectivity index (χ1v) is 6.50. The van der Waals surface area contributed by atoms with E-state index in [9.17, 15) is 0 Å². The molecule has 2 aromatic heterocycles. The van der Waals surface area contributed by atoms with E-state index in [1.807, 2.05) is 26.0 Å². The van der Waals surface area contributed by atoms with Gasteiger partial charge in [-0.3, -0.25) is 0 Å². The quantitative estimate of drug-likeness (QED) is 0.726. The number of rotatable bonds is 2. The molecule has 0 aliphatic heterocycles. The zero-order valence-corrected chi connectivity index (χ0v) is 11.8. The molecule has 0 atom stereocenters. The van der Waals surface area contributed by atoms with Gasteiger partial charge in [0, 0.05) is 18.0 Å². The van der Waals surface area contributed by atoms with Crippen molar-refractivity contribution < 1.29 is 0 Å². The second-order valence-electron chi connectivity index (χ2n) is 4.56. The van der Waals surface area contributed by atoms with Crippen molar-refractivity contribution in [3.05, 3.63) is 53.1 Å². The van der Waals surface area contributed by atoms with Gasteiger partial charge < -0.3 is 0 Å². The molecule has 1 aromatic carbocycles. The molecule has 0 bridgehead atoms. The third-order valence-electron chi connectivity index (χ3n) is 2.79. The zero-order chi connectivity index (χ0) is 14.1.